The molecule has 0 unspecified atom stereocenters. The molecule has 0 aromatic heterocycles. The first-order valence-corrected chi connectivity index (χ1v) is 33.7. The summed E-state index contributed by atoms with van der Waals surface area (Å²) in [6.07, 6.45) is 0. The number of hydrogen-bond donors (Lipinski definition) is 0. The van der Waals surface area contributed by atoms with E-state index in [1.165, 1.54) is 72.8 Å². The van der Waals surface area contributed by atoms with Gasteiger partial charge in [0.1, 0.15) is 0 Å². The Bertz CT molecular complexity index is 3070. The Morgan fingerprint density at radius 3 is 0.372 bits per heavy atom. The van der Waals surface area contributed by atoms with E-state index < -0.39 is 139 Å². The van der Waals surface area contributed by atoms with Crippen LogP contribution < -0.4 is 0 Å². The first kappa shape index (κ1) is 60.4. The molecule has 0 N–H and O–H groups in total. The molecule has 0 bridgehead atoms. The molecule has 0 radical (unpaired) electrons. The van der Waals surface area contributed by atoms with Crippen molar-refractivity contribution >= 4 is 60.1 Å². The summed E-state index contributed by atoms with van der Waals surface area (Å²) in [5, 5.41) is 0. The Morgan fingerprint density at radius 1 is 0.192 bits per heavy atom. The second-order valence-electron chi connectivity index (χ2n) is 19.3. The van der Waals surface area contributed by atoms with Gasteiger partial charge in [-0.25, -0.2) is 50.5 Å². The van der Waals surface area contributed by atoms with Crippen LogP contribution in [0.2, 0.25) is 0 Å². The summed E-state index contributed by atoms with van der Waals surface area (Å²) in [6, 6.07) is 35.5. The number of benzene rings is 6. The summed E-state index contributed by atoms with van der Waals surface area (Å²) >= 11 is 0. The van der Waals surface area contributed by atoms with E-state index in [9.17, 15) is 50.5 Å². The van der Waals surface area contributed by atoms with Crippen LogP contribution in [0.4, 0.5) is 0 Å². The van der Waals surface area contributed by atoms with Gasteiger partial charge in [-0.05, 0) is 114 Å². The van der Waals surface area contributed by atoms with E-state index in [-0.39, 0.29) is 29.4 Å². The van der Waals surface area contributed by atoms with Gasteiger partial charge in [-0.15, -0.1) is 0 Å². The summed E-state index contributed by atoms with van der Waals surface area (Å²) < 4.78 is 184. The van der Waals surface area contributed by atoms with E-state index in [4.69, 9.17) is 0 Å². The van der Waals surface area contributed by atoms with Crippen LogP contribution in [-0.2, 0) is 60.1 Å². The Kier molecular flexibility index (Phi) is 19.1. The average molecular weight is 1180 g/mol. The van der Waals surface area contributed by atoms with Crippen LogP contribution in [-0.4, -0.2) is 155 Å². The molecule has 6 aromatic carbocycles. The molecule has 0 atom stereocenters. The zero-order valence-corrected chi connectivity index (χ0v) is 49.3. The van der Waals surface area contributed by atoms with Gasteiger partial charge in [0.2, 0.25) is 60.1 Å². The second kappa shape index (κ2) is 24.7. The third-order valence-corrected chi connectivity index (χ3v) is 25.0. The summed E-state index contributed by atoms with van der Waals surface area (Å²) in [6.45, 7) is 3.76. The Morgan fingerprint density at radius 2 is 0.282 bits per heavy atom. The molecule has 0 spiro atoms. The van der Waals surface area contributed by atoms with Gasteiger partial charge < -0.3 is 0 Å². The summed E-state index contributed by atoms with van der Waals surface area (Å²) in [5.74, 6) is 0. The molecule has 1 saturated heterocycles. The monoisotopic (exact) mass is 1180 g/mol. The maximum Gasteiger partial charge on any atom is 0.243 e. The van der Waals surface area contributed by atoms with Crippen molar-refractivity contribution in [3.63, 3.8) is 0 Å². The minimum atomic E-state index is -4.56. The number of rotatable bonds is 12. The molecule has 0 amide bonds. The fourth-order valence-corrected chi connectivity index (χ4v) is 17.1. The van der Waals surface area contributed by atoms with Gasteiger partial charge >= 0.3 is 0 Å². The van der Waals surface area contributed by atoms with Crippen molar-refractivity contribution in [3.8, 4) is 0 Å². The second-order valence-corrected chi connectivity index (χ2v) is 30.9. The maximum absolute atomic E-state index is 14.9. The van der Waals surface area contributed by atoms with Gasteiger partial charge in [-0.3, -0.25) is 0 Å². The minimum Gasteiger partial charge on any atom is -0.207 e. The Balaban J connectivity index is 1.42. The molecule has 0 aliphatic carbocycles. The third kappa shape index (κ3) is 14.0. The standard InChI is InChI=1S/C54H66N6O12S6/c1-43-7-19-49(20-8-43)73(61,62)55-31-33-56(74(63,64)50-21-9-44(2)10-22-50)35-37-58(76(67,68)52-25-13-46(4)14-26-52)39-41-60(78(71,72)54-29-17-48(6)18-30-54)42-40-59(77(69,70)53-27-15-47(5)16-28-53)38-36-57(34-32-55)75(65,66)51-23-11-45(3)12-24-51/h7-30H,31-42H2,1-6H3. The van der Waals surface area contributed by atoms with Crippen molar-refractivity contribution < 1.29 is 50.5 Å². The van der Waals surface area contributed by atoms with Crippen molar-refractivity contribution in [1.82, 2.24) is 25.8 Å². The molecule has 7 rings (SSSR count). The molecule has 1 heterocycles. The highest BCUT2D eigenvalue weighted by Gasteiger charge is 2.37. The number of nitrogens with zero attached hydrogens (tertiary/aromatic N) is 6. The molecule has 1 aliphatic heterocycles. The lowest BCUT2D eigenvalue weighted by molar-refractivity contribution is 0.273. The van der Waals surface area contributed by atoms with Gasteiger partial charge in [0.25, 0.3) is 0 Å². The van der Waals surface area contributed by atoms with Crippen molar-refractivity contribution in [2.24, 2.45) is 0 Å². The lowest BCUT2D eigenvalue weighted by atomic mass is 10.2. The first-order valence-electron chi connectivity index (χ1n) is 25.0. The summed E-state index contributed by atoms with van der Waals surface area (Å²) in [7, 11) is -27.4. The molecular weight excluding hydrogens is 1120 g/mol. The summed E-state index contributed by atoms with van der Waals surface area (Å²) in [4.78, 5) is -1.04. The van der Waals surface area contributed by atoms with E-state index >= 15 is 0 Å². The van der Waals surface area contributed by atoms with Crippen LogP contribution in [0.5, 0.6) is 0 Å². The van der Waals surface area contributed by atoms with Crippen LogP contribution in [0.3, 0.4) is 0 Å². The van der Waals surface area contributed by atoms with Crippen molar-refractivity contribution in [3.05, 3.63) is 179 Å². The van der Waals surface area contributed by atoms with Crippen molar-refractivity contribution in [1.29, 1.82) is 0 Å². The Labute approximate surface area is 461 Å². The van der Waals surface area contributed by atoms with E-state index in [1.54, 1.807) is 114 Å². The van der Waals surface area contributed by atoms with Gasteiger partial charge in [-0.2, -0.15) is 25.8 Å². The highest BCUT2D eigenvalue weighted by molar-refractivity contribution is 7.90. The van der Waals surface area contributed by atoms with E-state index in [0.29, 0.717) is 0 Å². The molecular formula is C54H66N6O12S6. The normalized spacial score (nSPS) is 17.3. The highest BCUT2D eigenvalue weighted by atomic mass is 32.2. The van der Waals surface area contributed by atoms with Gasteiger partial charge in [0, 0.05) is 78.5 Å². The van der Waals surface area contributed by atoms with E-state index in [0.717, 1.165) is 59.2 Å². The fraction of sp³-hybridized carbons (Fsp3) is 0.333. The Hall–Kier alpha value is -5.22. The third-order valence-electron chi connectivity index (χ3n) is 13.5. The molecule has 1 aliphatic rings. The molecule has 6 aromatic rings. The van der Waals surface area contributed by atoms with Gasteiger partial charge in [0.05, 0.1) is 29.4 Å². The van der Waals surface area contributed by atoms with Crippen LogP contribution in [0.1, 0.15) is 33.4 Å². The number of sulfonamides is 6. The van der Waals surface area contributed by atoms with Crippen LogP contribution in [0.15, 0.2) is 175 Å². The smallest absolute Gasteiger partial charge is 0.207 e. The molecule has 420 valence electrons. The van der Waals surface area contributed by atoms with Gasteiger partial charge in [0.15, 0.2) is 0 Å². The lowest BCUT2D eigenvalue weighted by Gasteiger charge is -2.33. The van der Waals surface area contributed by atoms with E-state index in [2.05, 4.69) is 0 Å². The first-order chi connectivity index (χ1) is 36.6. The number of aryl methyl sites for hydroxylation is 6. The molecule has 0 saturated carbocycles. The summed E-state index contributed by atoms with van der Waals surface area (Å²) in [5.41, 5.74) is 4.45. The van der Waals surface area contributed by atoms with Crippen LogP contribution in [0, 0.1) is 41.5 Å². The zero-order valence-electron chi connectivity index (χ0n) is 44.4. The van der Waals surface area contributed by atoms with Crippen LogP contribution in [0.25, 0.3) is 0 Å². The van der Waals surface area contributed by atoms with Crippen molar-refractivity contribution in [2.45, 2.75) is 70.9 Å². The van der Waals surface area contributed by atoms with E-state index in [1.807, 2.05) is 0 Å². The molecule has 18 nitrogen and oxygen atoms in total. The largest absolute Gasteiger partial charge is 0.243 e. The minimum absolute atomic E-state index is 0.174. The lowest BCUT2D eigenvalue weighted by Crippen LogP contribution is -2.50. The molecule has 24 heteroatoms. The average Bonchev–Trinajstić information content (AvgIpc) is 3.39. The molecule has 1 fully saturated rings. The predicted molar refractivity (Wildman–Crippen MR) is 300 cm³/mol. The SMILES string of the molecule is Cc1ccc(S(=O)(=O)N2CCN(S(=O)(=O)c3ccc(C)cc3)CCN(S(=O)(=O)c3ccc(C)cc3)CCN(S(=O)(=O)c3ccc(C)cc3)CCN(S(=O)(=O)c3ccc(C)cc3)CCN(S(=O)(=O)c3ccc(C)cc3)CC2)cc1. The molecule has 78 heavy (non-hydrogen) atoms. The van der Waals surface area contributed by atoms with Gasteiger partial charge in [-0.1, -0.05) is 106 Å². The number of hydrogen-bond acceptors (Lipinski definition) is 12. The highest BCUT2D eigenvalue weighted by Crippen LogP contribution is 2.26. The fourth-order valence-electron chi connectivity index (χ4n) is 8.61. The maximum atomic E-state index is 14.9. The van der Waals surface area contributed by atoms with Crippen molar-refractivity contribution in [2.75, 3.05) is 78.5 Å². The quantitative estimate of drug-likeness (QED) is 0.138. The topological polar surface area (TPSA) is 224 Å². The zero-order chi connectivity index (χ0) is 56.8. The predicted octanol–water partition coefficient (Wildman–Crippen LogP) is 6.00. The van der Waals surface area contributed by atoms with Crippen LogP contribution >= 0.6 is 0 Å².